The third-order valence-electron chi connectivity index (χ3n) is 5.17. The van der Waals surface area contributed by atoms with E-state index in [1.807, 2.05) is 11.0 Å². The molecule has 9 heteroatoms. The lowest BCUT2D eigenvalue weighted by Crippen LogP contribution is -2.52. The number of amides is 1. The summed E-state index contributed by atoms with van der Waals surface area (Å²) in [5.41, 5.74) is 0.836. The Morgan fingerprint density at radius 1 is 1.12 bits per heavy atom. The largest absolute Gasteiger partial charge is 0.368 e. The second-order valence-corrected chi connectivity index (χ2v) is 8.55. The molecule has 0 unspecified atom stereocenters. The summed E-state index contributed by atoms with van der Waals surface area (Å²) in [4.78, 5) is 16.7. The SMILES string of the molecule is CNS(=O)(=O)N1CCC(C(=O)N2CCN(c3cccc(F)c3)CC2)CC1. The highest BCUT2D eigenvalue weighted by Gasteiger charge is 2.33. The number of halogens is 1. The summed E-state index contributed by atoms with van der Waals surface area (Å²) in [5, 5.41) is 0. The number of hydrogen-bond acceptors (Lipinski definition) is 4. The maximum absolute atomic E-state index is 13.4. The number of carbonyl (C=O) groups excluding carboxylic acids is 1. The Kier molecular flexibility index (Phi) is 5.79. The molecule has 0 saturated carbocycles. The van der Waals surface area contributed by atoms with Crippen LogP contribution in [0, 0.1) is 11.7 Å². The van der Waals surface area contributed by atoms with Crippen molar-refractivity contribution < 1.29 is 17.6 Å². The number of nitrogens with one attached hydrogen (secondary N) is 1. The molecule has 7 nitrogen and oxygen atoms in total. The van der Waals surface area contributed by atoms with E-state index < -0.39 is 10.2 Å². The molecule has 0 spiro atoms. The summed E-state index contributed by atoms with van der Waals surface area (Å²) in [6.07, 6.45) is 1.09. The van der Waals surface area contributed by atoms with Crippen molar-refractivity contribution in [3.8, 4) is 0 Å². The highest BCUT2D eigenvalue weighted by Crippen LogP contribution is 2.23. The zero-order valence-corrected chi connectivity index (χ0v) is 15.7. The van der Waals surface area contributed by atoms with E-state index in [0.717, 1.165) is 5.69 Å². The van der Waals surface area contributed by atoms with Gasteiger partial charge in [-0.3, -0.25) is 4.79 Å². The number of hydrogen-bond donors (Lipinski definition) is 1. The van der Waals surface area contributed by atoms with Crippen LogP contribution >= 0.6 is 0 Å². The topological polar surface area (TPSA) is 73.0 Å². The Morgan fingerprint density at radius 2 is 1.77 bits per heavy atom. The van der Waals surface area contributed by atoms with Gasteiger partial charge in [-0.05, 0) is 31.0 Å². The molecule has 1 N–H and O–H groups in total. The van der Waals surface area contributed by atoms with Crippen LogP contribution in [0.25, 0.3) is 0 Å². The number of piperazine rings is 1. The minimum atomic E-state index is -3.42. The zero-order chi connectivity index (χ0) is 18.7. The van der Waals surface area contributed by atoms with E-state index in [1.54, 1.807) is 6.07 Å². The van der Waals surface area contributed by atoms with Gasteiger partial charge < -0.3 is 9.80 Å². The van der Waals surface area contributed by atoms with Gasteiger partial charge in [-0.1, -0.05) is 6.07 Å². The van der Waals surface area contributed by atoms with Gasteiger partial charge in [0.1, 0.15) is 5.82 Å². The van der Waals surface area contributed by atoms with E-state index in [4.69, 9.17) is 0 Å². The molecule has 2 aliphatic rings. The van der Waals surface area contributed by atoms with Crippen molar-refractivity contribution in [2.75, 3.05) is 51.2 Å². The van der Waals surface area contributed by atoms with Crippen LogP contribution in [-0.2, 0) is 15.0 Å². The van der Waals surface area contributed by atoms with Gasteiger partial charge in [0.25, 0.3) is 10.2 Å². The smallest absolute Gasteiger partial charge is 0.279 e. The first kappa shape index (κ1) is 19.1. The highest BCUT2D eigenvalue weighted by molar-refractivity contribution is 7.87. The first-order chi connectivity index (χ1) is 12.4. The number of nitrogens with zero attached hydrogens (tertiary/aromatic N) is 3. The molecule has 26 heavy (non-hydrogen) atoms. The first-order valence-corrected chi connectivity index (χ1v) is 10.3. The number of benzene rings is 1. The first-order valence-electron chi connectivity index (χ1n) is 8.88. The normalized spacial score (nSPS) is 20.4. The number of piperidine rings is 1. The van der Waals surface area contributed by atoms with Gasteiger partial charge >= 0.3 is 0 Å². The maximum atomic E-state index is 13.4. The second-order valence-electron chi connectivity index (χ2n) is 6.67. The predicted molar refractivity (Wildman–Crippen MR) is 97.5 cm³/mol. The fourth-order valence-electron chi connectivity index (χ4n) is 3.59. The van der Waals surface area contributed by atoms with Crippen LogP contribution in [0.4, 0.5) is 10.1 Å². The maximum Gasteiger partial charge on any atom is 0.279 e. The minimum Gasteiger partial charge on any atom is -0.368 e. The lowest BCUT2D eigenvalue weighted by Gasteiger charge is -2.39. The average molecular weight is 384 g/mol. The number of rotatable bonds is 4. The minimum absolute atomic E-state index is 0.102. The van der Waals surface area contributed by atoms with Gasteiger partial charge in [0, 0.05) is 57.9 Å². The van der Waals surface area contributed by atoms with Crippen LogP contribution in [-0.4, -0.2) is 69.8 Å². The number of anilines is 1. The monoisotopic (exact) mass is 384 g/mol. The molecule has 1 amide bonds. The van der Waals surface area contributed by atoms with Crippen molar-refractivity contribution in [3.63, 3.8) is 0 Å². The van der Waals surface area contributed by atoms with Gasteiger partial charge in [-0.2, -0.15) is 12.7 Å². The summed E-state index contributed by atoms with van der Waals surface area (Å²) in [6.45, 7) is 3.27. The Morgan fingerprint density at radius 3 is 2.35 bits per heavy atom. The van der Waals surface area contributed by atoms with Crippen molar-refractivity contribution in [3.05, 3.63) is 30.1 Å². The fraction of sp³-hybridized carbons (Fsp3) is 0.588. The molecular formula is C17H25FN4O3S. The third kappa shape index (κ3) is 4.16. The van der Waals surface area contributed by atoms with Crippen LogP contribution in [0.2, 0.25) is 0 Å². The van der Waals surface area contributed by atoms with E-state index >= 15 is 0 Å². The van der Waals surface area contributed by atoms with Crippen LogP contribution in [0.1, 0.15) is 12.8 Å². The van der Waals surface area contributed by atoms with Crippen LogP contribution in [0.15, 0.2) is 24.3 Å². The van der Waals surface area contributed by atoms with Gasteiger partial charge in [0.05, 0.1) is 0 Å². The van der Waals surface area contributed by atoms with E-state index in [2.05, 4.69) is 9.62 Å². The Balaban J connectivity index is 1.51. The molecule has 0 aromatic heterocycles. The molecule has 144 valence electrons. The van der Waals surface area contributed by atoms with Crippen molar-refractivity contribution in [1.82, 2.24) is 13.9 Å². The van der Waals surface area contributed by atoms with Crippen molar-refractivity contribution in [2.24, 2.45) is 5.92 Å². The molecule has 0 atom stereocenters. The van der Waals surface area contributed by atoms with Gasteiger partial charge in [0.2, 0.25) is 5.91 Å². The van der Waals surface area contributed by atoms with Crippen molar-refractivity contribution in [1.29, 1.82) is 0 Å². The predicted octanol–water partition coefficient (Wildman–Crippen LogP) is 0.650. The van der Waals surface area contributed by atoms with E-state index in [1.165, 1.54) is 23.5 Å². The summed E-state index contributed by atoms with van der Waals surface area (Å²) < 4.78 is 40.7. The standard InChI is InChI=1S/C17H25FN4O3S/c1-19-26(24,25)22-7-5-14(6-8-22)17(23)21-11-9-20(10-12-21)16-4-2-3-15(18)13-16/h2-4,13-14,19H,5-12H2,1H3. The molecular weight excluding hydrogens is 359 g/mol. The summed E-state index contributed by atoms with van der Waals surface area (Å²) >= 11 is 0. The lowest BCUT2D eigenvalue weighted by molar-refractivity contribution is -0.137. The highest BCUT2D eigenvalue weighted by atomic mass is 32.2. The zero-order valence-electron chi connectivity index (χ0n) is 14.9. The van der Waals surface area contributed by atoms with Gasteiger partial charge in [-0.25, -0.2) is 9.11 Å². The van der Waals surface area contributed by atoms with Gasteiger partial charge in [-0.15, -0.1) is 0 Å². The van der Waals surface area contributed by atoms with Crippen LogP contribution in [0.5, 0.6) is 0 Å². The molecule has 2 saturated heterocycles. The van der Waals surface area contributed by atoms with E-state index in [0.29, 0.717) is 52.1 Å². The Hall–Kier alpha value is -1.71. The summed E-state index contributed by atoms with van der Waals surface area (Å²) in [7, 11) is -2.02. The Bertz CT molecular complexity index is 742. The summed E-state index contributed by atoms with van der Waals surface area (Å²) in [6, 6.07) is 6.49. The average Bonchev–Trinajstić information content (AvgIpc) is 2.67. The van der Waals surface area contributed by atoms with Crippen molar-refractivity contribution >= 4 is 21.8 Å². The van der Waals surface area contributed by atoms with Crippen LogP contribution in [0.3, 0.4) is 0 Å². The molecule has 2 aliphatic heterocycles. The second kappa shape index (κ2) is 7.89. The molecule has 3 rings (SSSR count). The fourth-order valence-corrected chi connectivity index (χ4v) is 4.54. The molecule has 1 aromatic rings. The summed E-state index contributed by atoms with van der Waals surface area (Å²) in [5.74, 6) is -0.284. The molecule has 2 fully saturated rings. The third-order valence-corrected chi connectivity index (χ3v) is 6.73. The quantitative estimate of drug-likeness (QED) is 0.827. The molecule has 0 aliphatic carbocycles. The lowest BCUT2D eigenvalue weighted by atomic mass is 9.96. The Labute approximate surface area is 153 Å². The number of carbonyl (C=O) groups is 1. The van der Waals surface area contributed by atoms with E-state index in [-0.39, 0.29) is 17.6 Å². The molecule has 1 aromatic carbocycles. The van der Waals surface area contributed by atoms with E-state index in [9.17, 15) is 17.6 Å². The van der Waals surface area contributed by atoms with Gasteiger partial charge in [0.15, 0.2) is 0 Å². The molecule has 0 radical (unpaired) electrons. The van der Waals surface area contributed by atoms with Crippen molar-refractivity contribution in [2.45, 2.75) is 12.8 Å². The molecule has 0 bridgehead atoms. The van der Waals surface area contributed by atoms with Crippen LogP contribution < -0.4 is 9.62 Å². The molecule has 2 heterocycles.